The number of halogens is 3. The fraction of sp³-hybridized carbons (Fsp3) is 0.526. The monoisotopic (exact) mass is 379 g/mol. The summed E-state index contributed by atoms with van der Waals surface area (Å²) in [5.41, 5.74) is 0.930. The second-order valence-electron chi connectivity index (χ2n) is 7.27. The summed E-state index contributed by atoms with van der Waals surface area (Å²) in [6.07, 6.45) is -1.87. The number of nitrogens with zero attached hydrogens (tertiary/aromatic N) is 4. The van der Waals surface area contributed by atoms with E-state index in [4.69, 9.17) is 0 Å². The molecular formula is C19H24F3N5. The minimum Gasteiger partial charge on any atom is -0.314 e. The van der Waals surface area contributed by atoms with Crippen LogP contribution in [0, 0.1) is 0 Å². The molecule has 1 aromatic carbocycles. The smallest absolute Gasteiger partial charge is 0.314 e. The van der Waals surface area contributed by atoms with Crippen LogP contribution in [0.3, 0.4) is 0 Å². The molecule has 1 atom stereocenters. The first-order chi connectivity index (χ1) is 13.0. The van der Waals surface area contributed by atoms with Gasteiger partial charge in [-0.25, -0.2) is 4.68 Å². The zero-order valence-electron chi connectivity index (χ0n) is 15.1. The molecule has 0 radical (unpaired) electrons. The van der Waals surface area contributed by atoms with Gasteiger partial charge < -0.3 is 5.32 Å². The van der Waals surface area contributed by atoms with Gasteiger partial charge in [0.25, 0.3) is 0 Å². The Morgan fingerprint density at radius 1 is 1.04 bits per heavy atom. The van der Waals surface area contributed by atoms with Crippen LogP contribution in [0.25, 0.3) is 5.69 Å². The van der Waals surface area contributed by atoms with Crippen LogP contribution < -0.4 is 5.32 Å². The number of alkyl halides is 3. The molecule has 146 valence electrons. The van der Waals surface area contributed by atoms with E-state index in [2.05, 4.69) is 20.2 Å². The Morgan fingerprint density at radius 2 is 1.78 bits per heavy atom. The van der Waals surface area contributed by atoms with Crippen LogP contribution >= 0.6 is 0 Å². The lowest BCUT2D eigenvalue weighted by Gasteiger charge is -2.32. The minimum atomic E-state index is -4.41. The van der Waals surface area contributed by atoms with E-state index in [1.807, 2.05) is 24.3 Å². The van der Waals surface area contributed by atoms with Crippen LogP contribution in [-0.4, -0.2) is 64.9 Å². The Bertz CT molecular complexity index is 749. The predicted octanol–water partition coefficient (Wildman–Crippen LogP) is 2.37. The van der Waals surface area contributed by atoms with Crippen molar-refractivity contribution in [2.24, 2.45) is 0 Å². The lowest BCUT2D eigenvalue weighted by Crippen LogP contribution is -2.49. The first-order valence-corrected chi connectivity index (χ1v) is 9.38. The van der Waals surface area contributed by atoms with E-state index < -0.39 is 11.9 Å². The molecular weight excluding hydrogens is 355 g/mol. The van der Waals surface area contributed by atoms with Crippen molar-refractivity contribution in [1.29, 1.82) is 0 Å². The molecule has 27 heavy (non-hydrogen) atoms. The summed E-state index contributed by atoms with van der Waals surface area (Å²) < 4.78 is 39.3. The summed E-state index contributed by atoms with van der Waals surface area (Å²) in [5, 5.41) is 7.01. The summed E-state index contributed by atoms with van der Waals surface area (Å²) in [6, 6.07) is 9.23. The molecule has 1 N–H and O–H groups in total. The van der Waals surface area contributed by atoms with Crippen molar-refractivity contribution in [1.82, 2.24) is 24.9 Å². The van der Waals surface area contributed by atoms with Crippen molar-refractivity contribution in [2.75, 3.05) is 39.3 Å². The fourth-order valence-electron chi connectivity index (χ4n) is 3.93. The van der Waals surface area contributed by atoms with Crippen molar-refractivity contribution >= 4 is 0 Å². The first kappa shape index (κ1) is 18.5. The standard InChI is InChI=1S/C19H24F3N5/c20-19(21,22)18-6-10-27(24-18)16-3-1-15(2-4-16)13-25-9-5-17(14-25)26-11-7-23-8-12-26/h1-4,6,10,17,23H,5,7-9,11-14H2. The van der Waals surface area contributed by atoms with Gasteiger partial charge in [-0.2, -0.15) is 18.3 Å². The molecule has 0 saturated carbocycles. The molecule has 8 heteroatoms. The maximum absolute atomic E-state index is 12.7. The SMILES string of the molecule is FC(F)(F)c1ccn(-c2ccc(CN3CCC(N4CCNCC4)C3)cc2)n1. The molecule has 1 aromatic heterocycles. The molecule has 0 spiro atoms. The van der Waals surface area contributed by atoms with Gasteiger partial charge in [-0.1, -0.05) is 12.1 Å². The normalized spacial score (nSPS) is 22.4. The number of likely N-dealkylation sites (tertiary alicyclic amines) is 1. The summed E-state index contributed by atoms with van der Waals surface area (Å²) in [4.78, 5) is 5.03. The van der Waals surface area contributed by atoms with E-state index in [1.54, 1.807) is 0 Å². The molecule has 2 aromatic rings. The summed E-state index contributed by atoms with van der Waals surface area (Å²) in [6.45, 7) is 7.42. The van der Waals surface area contributed by atoms with Gasteiger partial charge in [0.15, 0.2) is 5.69 Å². The van der Waals surface area contributed by atoms with Gasteiger partial charge in [0, 0.05) is 58.1 Å². The molecule has 0 bridgehead atoms. The van der Waals surface area contributed by atoms with Gasteiger partial charge >= 0.3 is 6.18 Å². The molecule has 2 aliphatic heterocycles. The van der Waals surface area contributed by atoms with Crippen LogP contribution in [0.4, 0.5) is 13.2 Å². The first-order valence-electron chi connectivity index (χ1n) is 9.38. The molecule has 0 amide bonds. The Labute approximate surface area is 156 Å². The highest BCUT2D eigenvalue weighted by atomic mass is 19.4. The maximum Gasteiger partial charge on any atom is 0.435 e. The molecule has 0 aliphatic carbocycles. The summed E-state index contributed by atoms with van der Waals surface area (Å²) >= 11 is 0. The lowest BCUT2D eigenvalue weighted by atomic mass is 10.2. The van der Waals surface area contributed by atoms with E-state index in [0.717, 1.165) is 51.9 Å². The second-order valence-corrected chi connectivity index (χ2v) is 7.27. The number of hydrogen-bond donors (Lipinski definition) is 1. The average molecular weight is 379 g/mol. The van der Waals surface area contributed by atoms with E-state index in [-0.39, 0.29) is 0 Å². The number of piperazine rings is 1. The molecule has 3 heterocycles. The third-order valence-electron chi connectivity index (χ3n) is 5.40. The van der Waals surface area contributed by atoms with Crippen LogP contribution in [0.1, 0.15) is 17.7 Å². The van der Waals surface area contributed by atoms with E-state index in [0.29, 0.717) is 11.7 Å². The predicted molar refractivity (Wildman–Crippen MR) is 96.7 cm³/mol. The summed E-state index contributed by atoms with van der Waals surface area (Å²) in [5.74, 6) is 0. The zero-order valence-corrected chi connectivity index (χ0v) is 15.1. The van der Waals surface area contributed by atoms with Gasteiger partial charge in [0.05, 0.1) is 5.69 Å². The van der Waals surface area contributed by atoms with Crippen molar-refractivity contribution in [2.45, 2.75) is 25.2 Å². The largest absolute Gasteiger partial charge is 0.435 e. The van der Waals surface area contributed by atoms with Crippen LogP contribution in [-0.2, 0) is 12.7 Å². The molecule has 2 saturated heterocycles. The number of rotatable bonds is 4. The fourth-order valence-corrected chi connectivity index (χ4v) is 3.93. The molecule has 1 unspecified atom stereocenters. The molecule has 4 rings (SSSR count). The average Bonchev–Trinajstić information content (AvgIpc) is 3.33. The molecule has 2 fully saturated rings. The van der Waals surface area contributed by atoms with E-state index >= 15 is 0 Å². The van der Waals surface area contributed by atoms with Crippen molar-refractivity contribution in [3.63, 3.8) is 0 Å². The number of aromatic nitrogens is 2. The number of hydrogen-bond acceptors (Lipinski definition) is 4. The Kier molecular flexibility index (Phi) is 5.21. The Balaban J connectivity index is 1.35. The van der Waals surface area contributed by atoms with Crippen molar-refractivity contribution in [3.05, 3.63) is 47.8 Å². The number of benzene rings is 1. The summed E-state index contributed by atoms with van der Waals surface area (Å²) in [7, 11) is 0. The zero-order chi connectivity index (χ0) is 18.9. The quantitative estimate of drug-likeness (QED) is 0.885. The van der Waals surface area contributed by atoms with Crippen molar-refractivity contribution < 1.29 is 13.2 Å². The second kappa shape index (κ2) is 7.61. The van der Waals surface area contributed by atoms with Gasteiger partial charge in [-0.15, -0.1) is 0 Å². The van der Waals surface area contributed by atoms with Crippen LogP contribution in [0.15, 0.2) is 36.5 Å². The third-order valence-corrected chi connectivity index (χ3v) is 5.40. The van der Waals surface area contributed by atoms with Crippen LogP contribution in [0.5, 0.6) is 0 Å². The topological polar surface area (TPSA) is 36.3 Å². The minimum absolute atomic E-state index is 0.634. The van der Waals surface area contributed by atoms with Gasteiger partial charge in [-0.05, 0) is 30.2 Å². The highest BCUT2D eigenvalue weighted by Crippen LogP contribution is 2.28. The van der Waals surface area contributed by atoms with Crippen molar-refractivity contribution in [3.8, 4) is 5.69 Å². The highest BCUT2D eigenvalue weighted by Gasteiger charge is 2.33. The number of nitrogens with one attached hydrogen (secondary N) is 1. The van der Waals surface area contributed by atoms with Gasteiger partial charge in [0.2, 0.25) is 0 Å². The Hall–Kier alpha value is -1.90. The van der Waals surface area contributed by atoms with Gasteiger partial charge in [-0.3, -0.25) is 9.80 Å². The molecule has 5 nitrogen and oxygen atoms in total. The Morgan fingerprint density at radius 3 is 2.44 bits per heavy atom. The maximum atomic E-state index is 12.7. The van der Waals surface area contributed by atoms with Crippen LogP contribution in [0.2, 0.25) is 0 Å². The van der Waals surface area contributed by atoms with E-state index in [1.165, 1.54) is 22.9 Å². The lowest BCUT2D eigenvalue weighted by molar-refractivity contribution is -0.141. The molecule has 2 aliphatic rings. The highest BCUT2D eigenvalue weighted by molar-refractivity contribution is 5.34. The van der Waals surface area contributed by atoms with E-state index in [9.17, 15) is 13.2 Å². The third kappa shape index (κ3) is 4.34. The van der Waals surface area contributed by atoms with Gasteiger partial charge in [0.1, 0.15) is 0 Å².